The minimum Gasteiger partial charge on any atom is -0.301 e. The summed E-state index contributed by atoms with van der Waals surface area (Å²) >= 11 is 0.347. The highest BCUT2D eigenvalue weighted by Crippen LogP contribution is 2.33. The van der Waals surface area contributed by atoms with Crippen LogP contribution in [0.4, 0.5) is 18.3 Å². The first kappa shape index (κ1) is 14.2. The molecule has 0 atom stereocenters. The monoisotopic (exact) mass is 293 g/mol. The Kier molecular flexibility index (Phi) is 4.38. The number of aromatic nitrogens is 2. The molecule has 1 saturated carbocycles. The zero-order chi connectivity index (χ0) is 13.9. The normalized spacial score (nSPS) is 16.8. The van der Waals surface area contributed by atoms with Crippen LogP contribution in [0.1, 0.15) is 43.5 Å². The van der Waals surface area contributed by atoms with E-state index < -0.39 is 11.2 Å². The van der Waals surface area contributed by atoms with Crippen LogP contribution in [0.2, 0.25) is 0 Å². The van der Waals surface area contributed by atoms with Gasteiger partial charge in [-0.15, -0.1) is 10.2 Å². The summed E-state index contributed by atoms with van der Waals surface area (Å²) in [5.74, 6) is 0.280. The van der Waals surface area contributed by atoms with Crippen LogP contribution in [0.25, 0.3) is 0 Å². The summed E-state index contributed by atoms with van der Waals surface area (Å²) < 4.78 is 36.9. The molecular formula is C11H14F3N3OS. The highest BCUT2D eigenvalue weighted by Gasteiger charge is 2.35. The number of nitrogens with zero attached hydrogens (tertiary/aromatic N) is 2. The number of nitrogens with one attached hydrogen (secondary N) is 1. The van der Waals surface area contributed by atoms with E-state index in [2.05, 4.69) is 15.5 Å². The molecule has 4 nitrogen and oxygen atoms in total. The molecule has 1 aliphatic rings. The maximum absolute atomic E-state index is 12.3. The van der Waals surface area contributed by atoms with Crippen molar-refractivity contribution in [2.75, 3.05) is 5.32 Å². The number of carbonyl (C=O) groups excluding carboxylic acids is 1. The number of amides is 1. The van der Waals surface area contributed by atoms with Gasteiger partial charge in [0.1, 0.15) is 0 Å². The van der Waals surface area contributed by atoms with Crippen molar-refractivity contribution in [3.8, 4) is 0 Å². The number of hydrogen-bond donors (Lipinski definition) is 1. The van der Waals surface area contributed by atoms with Crippen molar-refractivity contribution in [1.29, 1.82) is 0 Å². The summed E-state index contributed by atoms with van der Waals surface area (Å²) in [4.78, 5) is 11.6. The summed E-state index contributed by atoms with van der Waals surface area (Å²) in [5, 5.41) is 7.55. The van der Waals surface area contributed by atoms with Gasteiger partial charge in [-0.3, -0.25) is 4.79 Å². The van der Waals surface area contributed by atoms with Crippen LogP contribution >= 0.6 is 11.3 Å². The number of hydrogen-bond acceptors (Lipinski definition) is 4. The maximum Gasteiger partial charge on any atom is 0.445 e. The van der Waals surface area contributed by atoms with Gasteiger partial charge in [-0.1, -0.05) is 37.0 Å². The first-order chi connectivity index (χ1) is 8.95. The van der Waals surface area contributed by atoms with Gasteiger partial charge < -0.3 is 5.32 Å². The fourth-order valence-electron chi connectivity index (χ4n) is 2.20. The molecular weight excluding hydrogens is 279 g/mol. The summed E-state index contributed by atoms with van der Waals surface area (Å²) in [6, 6.07) is 0. The predicted octanol–water partition coefficient (Wildman–Crippen LogP) is 3.47. The number of carbonyl (C=O) groups is 1. The molecule has 8 heteroatoms. The topological polar surface area (TPSA) is 54.9 Å². The first-order valence-electron chi connectivity index (χ1n) is 6.15. The van der Waals surface area contributed by atoms with Crippen LogP contribution in [0.15, 0.2) is 0 Å². The number of rotatable bonds is 4. The van der Waals surface area contributed by atoms with Crippen LogP contribution in [0.5, 0.6) is 0 Å². The summed E-state index contributed by atoms with van der Waals surface area (Å²) in [6.07, 6.45) is 1.30. The minimum absolute atomic E-state index is 0.0938. The molecule has 0 unspecified atom stereocenters. The van der Waals surface area contributed by atoms with E-state index >= 15 is 0 Å². The Hall–Kier alpha value is -1.18. The Balaban J connectivity index is 1.80. The molecule has 2 rings (SSSR count). The van der Waals surface area contributed by atoms with Crippen molar-refractivity contribution < 1.29 is 18.0 Å². The maximum atomic E-state index is 12.3. The highest BCUT2D eigenvalue weighted by atomic mass is 32.1. The van der Waals surface area contributed by atoms with Gasteiger partial charge in [-0.25, -0.2) is 0 Å². The molecule has 1 aliphatic carbocycles. The Morgan fingerprint density at radius 1 is 1.32 bits per heavy atom. The molecule has 1 fully saturated rings. The smallest absolute Gasteiger partial charge is 0.301 e. The van der Waals surface area contributed by atoms with Gasteiger partial charge in [0.25, 0.3) is 0 Å². The average Bonchev–Trinajstić information content (AvgIpc) is 2.95. The average molecular weight is 293 g/mol. The van der Waals surface area contributed by atoms with E-state index in [1.165, 1.54) is 12.8 Å². The van der Waals surface area contributed by atoms with E-state index in [4.69, 9.17) is 0 Å². The molecule has 1 heterocycles. The Bertz CT molecular complexity index is 441. The largest absolute Gasteiger partial charge is 0.445 e. The second kappa shape index (κ2) is 5.85. The molecule has 0 spiro atoms. The minimum atomic E-state index is -4.51. The summed E-state index contributed by atoms with van der Waals surface area (Å²) in [5.41, 5.74) is 0. The highest BCUT2D eigenvalue weighted by molar-refractivity contribution is 7.15. The van der Waals surface area contributed by atoms with Crippen molar-refractivity contribution in [2.24, 2.45) is 5.92 Å². The molecule has 1 amide bonds. The second-order valence-corrected chi connectivity index (χ2v) is 5.62. The van der Waals surface area contributed by atoms with Gasteiger partial charge in [0.05, 0.1) is 0 Å². The standard InChI is InChI=1S/C11H14F3N3OS/c12-11(13,14)9-16-17-10(19-9)15-8(18)6-5-7-3-1-2-4-7/h7H,1-6H2,(H,15,17,18). The molecule has 0 aliphatic heterocycles. The Labute approximate surface area is 112 Å². The molecule has 19 heavy (non-hydrogen) atoms. The quantitative estimate of drug-likeness (QED) is 0.924. The van der Waals surface area contributed by atoms with Gasteiger partial charge in [0.15, 0.2) is 0 Å². The molecule has 106 valence electrons. The van der Waals surface area contributed by atoms with E-state index in [9.17, 15) is 18.0 Å². The zero-order valence-corrected chi connectivity index (χ0v) is 11.0. The van der Waals surface area contributed by atoms with Crippen molar-refractivity contribution in [3.05, 3.63) is 5.01 Å². The van der Waals surface area contributed by atoms with E-state index in [1.54, 1.807) is 0 Å². The van der Waals surface area contributed by atoms with Gasteiger partial charge in [0.2, 0.25) is 16.0 Å². The van der Waals surface area contributed by atoms with Crippen LogP contribution in [-0.4, -0.2) is 16.1 Å². The third-order valence-electron chi connectivity index (χ3n) is 3.17. The third kappa shape index (κ3) is 4.15. The predicted molar refractivity (Wildman–Crippen MR) is 64.7 cm³/mol. The summed E-state index contributed by atoms with van der Waals surface area (Å²) in [7, 11) is 0. The lowest BCUT2D eigenvalue weighted by molar-refractivity contribution is -0.138. The second-order valence-electron chi connectivity index (χ2n) is 4.65. The van der Waals surface area contributed by atoms with Gasteiger partial charge >= 0.3 is 6.18 Å². The van der Waals surface area contributed by atoms with E-state index in [1.807, 2.05) is 0 Å². The first-order valence-corrected chi connectivity index (χ1v) is 6.97. The number of halogens is 3. The van der Waals surface area contributed by atoms with Crippen molar-refractivity contribution >= 4 is 22.4 Å². The fourth-order valence-corrected chi connectivity index (χ4v) is 2.83. The molecule has 1 N–H and O–H groups in total. The van der Waals surface area contributed by atoms with E-state index in [-0.39, 0.29) is 11.0 Å². The van der Waals surface area contributed by atoms with Gasteiger partial charge in [-0.2, -0.15) is 13.2 Å². The van der Waals surface area contributed by atoms with Crippen molar-refractivity contribution in [1.82, 2.24) is 10.2 Å². The molecule has 0 bridgehead atoms. The lowest BCUT2D eigenvalue weighted by Crippen LogP contribution is -2.12. The molecule has 1 aromatic rings. The van der Waals surface area contributed by atoms with Gasteiger partial charge in [0, 0.05) is 6.42 Å². The number of anilines is 1. The molecule has 0 saturated heterocycles. The van der Waals surface area contributed by atoms with E-state index in [0.717, 1.165) is 19.3 Å². The fraction of sp³-hybridized carbons (Fsp3) is 0.727. The SMILES string of the molecule is O=C(CCC1CCCC1)Nc1nnc(C(F)(F)F)s1. The molecule has 0 aromatic carbocycles. The van der Waals surface area contributed by atoms with Crippen LogP contribution in [0.3, 0.4) is 0 Å². The lowest BCUT2D eigenvalue weighted by atomic mass is 10.0. The van der Waals surface area contributed by atoms with Gasteiger partial charge in [-0.05, 0) is 12.3 Å². The third-order valence-corrected chi connectivity index (χ3v) is 4.05. The molecule has 0 radical (unpaired) electrons. The molecule has 1 aromatic heterocycles. The Morgan fingerprint density at radius 3 is 2.58 bits per heavy atom. The van der Waals surface area contributed by atoms with Crippen molar-refractivity contribution in [3.63, 3.8) is 0 Å². The summed E-state index contributed by atoms with van der Waals surface area (Å²) in [6.45, 7) is 0. The lowest BCUT2D eigenvalue weighted by Gasteiger charge is -2.07. The van der Waals surface area contributed by atoms with Crippen molar-refractivity contribution in [2.45, 2.75) is 44.7 Å². The van der Waals surface area contributed by atoms with Crippen LogP contribution in [0, 0.1) is 5.92 Å². The van der Waals surface area contributed by atoms with Crippen LogP contribution in [-0.2, 0) is 11.0 Å². The zero-order valence-electron chi connectivity index (χ0n) is 10.2. The van der Waals surface area contributed by atoms with Crippen LogP contribution < -0.4 is 5.32 Å². The Morgan fingerprint density at radius 2 is 2.00 bits per heavy atom. The number of alkyl halides is 3. The van der Waals surface area contributed by atoms with E-state index in [0.29, 0.717) is 23.7 Å².